The maximum Gasteiger partial charge on any atom is 0.242 e. The van der Waals surface area contributed by atoms with E-state index >= 15 is 0 Å². The van der Waals surface area contributed by atoms with E-state index in [4.69, 9.17) is 5.11 Å². The quantitative estimate of drug-likeness (QED) is 0.699. The Morgan fingerprint density at radius 3 is 2.95 bits per heavy atom. The molecule has 110 valence electrons. The van der Waals surface area contributed by atoms with Crippen LogP contribution in [0.15, 0.2) is 35.7 Å². The first-order valence-electron chi connectivity index (χ1n) is 6.09. The molecule has 1 unspecified atom stereocenters. The average molecular weight is 306 g/mol. The number of aromatic amines is 1. The molecular formula is C13H14N4O3S. The largest absolute Gasteiger partial charge is 0.384 e. The molecule has 0 aromatic carbocycles. The van der Waals surface area contributed by atoms with Gasteiger partial charge < -0.3 is 10.1 Å². The number of nitrogens with zero attached hydrogens (tertiary/aromatic N) is 2. The number of aromatic nitrogens is 3. The summed E-state index contributed by atoms with van der Waals surface area (Å²) in [6.07, 6.45) is 5.83. The summed E-state index contributed by atoms with van der Waals surface area (Å²) in [5.41, 5.74) is 0.414. The van der Waals surface area contributed by atoms with Gasteiger partial charge in [0.15, 0.2) is 0 Å². The summed E-state index contributed by atoms with van der Waals surface area (Å²) in [7, 11) is -3.74. The van der Waals surface area contributed by atoms with Gasteiger partial charge in [-0.2, -0.15) is 0 Å². The van der Waals surface area contributed by atoms with Crippen molar-refractivity contribution in [2.24, 2.45) is 0 Å². The number of nitrogens with one attached hydrogen (secondary N) is 2. The van der Waals surface area contributed by atoms with E-state index in [2.05, 4.69) is 31.5 Å². The van der Waals surface area contributed by atoms with Crippen LogP contribution in [0.25, 0.3) is 0 Å². The zero-order valence-corrected chi connectivity index (χ0v) is 12.1. The molecule has 0 aliphatic heterocycles. The Morgan fingerprint density at radius 2 is 2.29 bits per heavy atom. The van der Waals surface area contributed by atoms with Crippen molar-refractivity contribution in [2.45, 2.75) is 17.9 Å². The van der Waals surface area contributed by atoms with E-state index in [0.29, 0.717) is 11.4 Å². The van der Waals surface area contributed by atoms with Crippen molar-refractivity contribution in [3.05, 3.63) is 42.2 Å². The molecule has 0 amide bonds. The Morgan fingerprint density at radius 1 is 1.48 bits per heavy atom. The molecular weight excluding hydrogens is 292 g/mol. The van der Waals surface area contributed by atoms with Crippen LogP contribution in [-0.4, -0.2) is 35.1 Å². The first-order valence-corrected chi connectivity index (χ1v) is 7.57. The minimum atomic E-state index is -3.74. The average Bonchev–Trinajstić information content (AvgIpc) is 2.99. The van der Waals surface area contributed by atoms with Gasteiger partial charge in [0.2, 0.25) is 10.0 Å². The van der Waals surface area contributed by atoms with Crippen LogP contribution in [0.3, 0.4) is 0 Å². The number of H-pyrrole nitrogens is 1. The zero-order valence-electron chi connectivity index (χ0n) is 11.2. The van der Waals surface area contributed by atoms with Crippen LogP contribution in [0.5, 0.6) is 0 Å². The second kappa shape index (κ2) is 6.49. The number of imidazole rings is 1. The van der Waals surface area contributed by atoms with Crippen molar-refractivity contribution >= 4 is 10.0 Å². The lowest BCUT2D eigenvalue weighted by Gasteiger charge is -2.12. The first kappa shape index (κ1) is 15.2. The van der Waals surface area contributed by atoms with E-state index in [1.165, 1.54) is 18.5 Å². The molecule has 0 spiro atoms. The van der Waals surface area contributed by atoms with E-state index < -0.39 is 16.1 Å². The molecule has 0 saturated carbocycles. The molecule has 3 N–H and O–H groups in total. The Hall–Kier alpha value is -2.21. The van der Waals surface area contributed by atoms with Gasteiger partial charge in [0.05, 0.1) is 6.04 Å². The summed E-state index contributed by atoms with van der Waals surface area (Å²) in [5, 5.41) is 8.65. The SMILES string of the molecule is CC(NS(=O)(=O)c1cncc(C#CCO)c1)c1ncc[nH]1. The third-order valence-corrected chi connectivity index (χ3v) is 4.10. The van der Waals surface area contributed by atoms with Crippen LogP contribution in [0, 0.1) is 11.8 Å². The highest BCUT2D eigenvalue weighted by Crippen LogP contribution is 2.14. The molecule has 7 nitrogen and oxygen atoms in total. The third-order valence-electron chi connectivity index (χ3n) is 2.60. The van der Waals surface area contributed by atoms with E-state index in [1.807, 2.05) is 0 Å². The summed E-state index contributed by atoms with van der Waals surface area (Å²) < 4.78 is 27.0. The van der Waals surface area contributed by atoms with Crippen molar-refractivity contribution < 1.29 is 13.5 Å². The topological polar surface area (TPSA) is 108 Å². The molecule has 0 fully saturated rings. The summed E-state index contributed by atoms with van der Waals surface area (Å²) in [5.74, 6) is 5.57. The highest BCUT2D eigenvalue weighted by atomic mass is 32.2. The first-order chi connectivity index (χ1) is 10.0. The Labute approximate surface area is 122 Å². The van der Waals surface area contributed by atoms with Crippen LogP contribution < -0.4 is 4.72 Å². The molecule has 2 rings (SSSR count). The predicted octanol–water partition coefficient (Wildman–Crippen LogP) is 0.188. The monoisotopic (exact) mass is 306 g/mol. The summed E-state index contributed by atoms with van der Waals surface area (Å²) in [6.45, 7) is 1.38. The number of aliphatic hydroxyl groups is 1. The lowest BCUT2D eigenvalue weighted by Crippen LogP contribution is -2.27. The van der Waals surface area contributed by atoms with Gasteiger partial charge >= 0.3 is 0 Å². The number of pyridine rings is 1. The number of sulfonamides is 1. The third kappa shape index (κ3) is 3.88. The maximum atomic E-state index is 12.3. The Kier molecular flexibility index (Phi) is 4.70. The molecule has 21 heavy (non-hydrogen) atoms. The molecule has 0 aliphatic rings. The normalized spacial score (nSPS) is 12.5. The molecule has 0 aliphatic carbocycles. The van der Waals surface area contributed by atoms with Gasteiger partial charge in [0.1, 0.15) is 17.3 Å². The standard InChI is InChI=1S/C13H14N4O3S/c1-10(13-15-4-5-16-13)17-21(19,20)12-7-11(3-2-6-18)8-14-9-12/h4-5,7-10,17-18H,6H2,1H3,(H,15,16). The molecule has 2 aromatic heterocycles. The molecule has 0 bridgehead atoms. The van der Waals surface area contributed by atoms with Crippen molar-refractivity contribution in [3.8, 4) is 11.8 Å². The summed E-state index contributed by atoms with van der Waals surface area (Å²) >= 11 is 0. The fraction of sp³-hybridized carbons (Fsp3) is 0.231. The van der Waals surface area contributed by atoms with Crippen LogP contribution >= 0.6 is 0 Å². The number of rotatable bonds is 4. The number of hydrogen-bond acceptors (Lipinski definition) is 5. The molecule has 1 atom stereocenters. The molecule has 0 radical (unpaired) electrons. The Bertz CT molecular complexity index is 760. The van der Waals surface area contributed by atoms with Gasteiger partial charge in [0, 0.05) is 30.4 Å². The highest BCUT2D eigenvalue weighted by Gasteiger charge is 2.20. The van der Waals surface area contributed by atoms with Gasteiger partial charge in [-0.1, -0.05) is 11.8 Å². The smallest absolute Gasteiger partial charge is 0.242 e. The van der Waals surface area contributed by atoms with E-state index in [0.717, 1.165) is 0 Å². The van der Waals surface area contributed by atoms with Gasteiger partial charge in [0.25, 0.3) is 0 Å². The van der Waals surface area contributed by atoms with Crippen molar-refractivity contribution in [3.63, 3.8) is 0 Å². The van der Waals surface area contributed by atoms with Gasteiger partial charge in [-0.3, -0.25) is 4.98 Å². The minimum absolute atomic E-state index is 0.00523. The lowest BCUT2D eigenvalue weighted by atomic mass is 10.3. The van der Waals surface area contributed by atoms with Crippen LogP contribution in [0.1, 0.15) is 24.4 Å². The van der Waals surface area contributed by atoms with Crippen molar-refractivity contribution in [2.75, 3.05) is 6.61 Å². The summed E-state index contributed by atoms with van der Waals surface area (Å²) in [6, 6.07) is 0.893. The lowest BCUT2D eigenvalue weighted by molar-refractivity contribution is 0.350. The van der Waals surface area contributed by atoms with Gasteiger partial charge in [-0.05, 0) is 13.0 Å². The van der Waals surface area contributed by atoms with Crippen LogP contribution in [-0.2, 0) is 10.0 Å². The fourth-order valence-electron chi connectivity index (χ4n) is 1.65. The van der Waals surface area contributed by atoms with Crippen LogP contribution in [0.4, 0.5) is 0 Å². The van der Waals surface area contributed by atoms with Gasteiger partial charge in [-0.25, -0.2) is 18.1 Å². The van der Waals surface area contributed by atoms with Crippen LogP contribution in [0.2, 0.25) is 0 Å². The molecule has 8 heteroatoms. The Balaban J connectivity index is 2.23. The second-order valence-electron chi connectivity index (χ2n) is 4.19. The van der Waals surface area contributed by atoms with Gasteiger partial charge in [-0.15, -0.1) is 0 Å². The minimum Gasteiger partial charge on any atom is -0.384 e. The van der Waals surface area contributed by atoms with E-state index in [1.54, 1.807) is 19.3 Å². The second-order valence-corrected chi connectivity index (χ2v) is 5.90. The molecule has 2 heterocycles. The number of aliphatic hydroxyl groups excluding tert-OH is 1. The van der Waals surface area contributed by atoms with Crippen molar-refractivity contribution in [1.29, 1.82) is 0 Å². The van der Waals surface area contributed by atoms with E-state index in [-0.39, 0.29) is 11.5 Å². The molecule has 2 aromatic rings. The number of hydrogen-bond donors (Lipinski definition) is 3. The highest BCUT2D eigenvalue weighted by molar-refractivity contribution is 7.89. The van der Waals surface area contributed by atoms with E-state index in [9.17, 15) is 8.42 Å². The molecule has 0 saturated heterocycles. The zero-order chi connectivity index (χ0) is 15.3. The van der Waals surface area contributed by atoms with Crippen molar-refractivity contribution in [1.82, 2.24) is 19.7 Å². The summed E-state index contributed by atoms with van der Waals surface area (Å²) in [4.78, 5) is 10.7. The predicted molar refractivity (Wildman–Crippen MR) is 75.5 cm³/mol. The fourth-order valence-corrected chi connectivity index (χ4v) is 2.84. The maximum absolute atomic E-state index is 12.3.